The summed E-state index contributed by atoms with van der Waals surface area (Å²) in [6.45, 7) is 9.63. The molecule has 0 radical (unpaired) electrons. The van der Waals surface area contributed by atoms with Gasteiger partial charge in [0.1, 0.15) is 12.2 Å². The molecule has 138 valence electrons. The first-order valence-corrected chi connectivity index (χ1v) is 8.61. The fourth-order valence-electron chi connectivity index (χ4n) is 2.26. The van der Waals surface area contributed by atoms with Crippen molar-refractivity contribution in [2.45, 2.75) is 40.3 Å². The van der Waals surface area contributed by atoms with Gasteiger partial charge >= 0.3 is 0 Å². The minimum Gasteiger partial charge on any atom is -0.356 e. The number of guanidine groups is 1. The molecule has 7 heteroatoms. The van der Waals surface area contributed by atoms with Crippen LogP contribution in [0, 0.1) is 5.92 Å². The Labute approximate surface area is 167 Å². The first-order chi connectivity index (χ1) is 11.7. The summed E-state index contributed by atoms with van der Waals surface area (Å²) in [5.41, 5.74) is 1.20. The van der Waals surface area contributed by atoms with Crippen molar-refractivity contribution >= 4 is 29.9 Å². The van der Waals surface area contributed by atoms with E-state index in [0.29, 0.717) is 12.5 Å². The van der Waals surface area contributed by atoms with Crippen molar-refractivity contribution in [1.29, 1.82) is 0 Å². The molecule has 1 aromatic heterocycles. The van der Waals surface area contributed by atoms with E-state index in [-0.39, 0.29) is 24.0 Å². The number of nitrogens with zero attached hydrogens (tertiary/aromatic N) is 4. The molecule has 2 N–H and O–H groups in total. The van der Waals surface area contributed by atoms with Crippen LogP contribution in [0.15, 0.2) is 41.7 Å². The molecule has 0 unspecified atom stereocenters. The molecule has 0 bridgehead atoms. The smallest absolute Gasteiger partial charge is 0.191 e. The second-order valence-corrected chi connectivity index (χ2v) is 6.15. The first kappa shape index (κ1) is 21.4. The Morgan fingerprint density at radius 1 is 1.20 bits per heavy atom. The molecular formula is C18H29IN6. The van der Waals surface area contributed by atoms with Gasteiger partial charge in [-0.3, -0.25) is 0 Å². The zero-order valence-electron chi connectivity index (χ0n) is 15.3. The van der Waals surface area contributed by atoms with Crippen molar-refractivity contribution in [2.75, 3.05) is 13.1 Å². The van der Waals surface area contributed by atoms with Crippen LogP contribution in [0.4, 0.5) is 0 Å². The van der Waals surface area contributed by atoms with Gasteiger partial charge in [-0.05, 0) is 11.5 Å². The van der Waals surface area contributed by atoms with E-state index in [1.807, 2.05) is 18.2 Å². The zero-order chi connectivity index (χ0) is 17.2. The largest absolute Gasteiger partial charge is 0.356 e. The van der Waals surface area contributed by atoms with Gasteiger partial charge in [-0.15, -0.1) is 34.2 Å². The second kappa shape index (κ2) is 11.8. The van der Waals surface area contributed by atoms with Crippen LogP contribution in [-0.4, -0.2) is 33.8 Å². The Morgan fingerprint density at radius 3 is 2.64 bits per heavy atom. The number of nitrogens with one attached hydrogen (secondary N) is 2. The molecule has 0 aliphatic rings. The van der Waals surface area contributed by atoms with Crippen LogP contribution in [-0.2, 0) is 19.5 Å². The van der Waals surface area contributed by atoms with E-state index in [1.54, 1.807) is 6.33 Å². The Balaban J connectivity index is 0.00000312. The molecule has 1 aromatic carbocycles. The summed E-state index contributed by atoms with van der Waals surface area (Å²) in [6, 6.07) is 10.3. The fraction of sp³-hybridized carbons (Fsp3) is 0.500. The van der Waals surface area contributed by atoms with Crippen LogP contribution in [0.3, 0.4) is 0 Å². The summed E-state index contributed by atoms with van der Waals surface area (Å²) < 4.78 is 2.07. The standard InChI is InChI=1S/C18H28N6.HI/c1-4-17-23-22-14-24(17)11-10-19-18(20-12-15(2)3)21-13-16-8-6-5-7-9-16;/h5-9,14-15H,4,10-13H2,1-3H3,(H2,19,20,21);1H. The van der Waals surface area contributed by atoms with E-state index in [1.165, 1.54) is 5.56 Å². The molecule has 0 aliphatic carbocycles. The lowest BCUT2D eigenvalue weighted by Gasteiger charge is -2.15. The topological polar surface area (TPSA) is 67.1 Å². The summed E-state index contributed by atoms with van der Waals surface area (Å²) in [4.78, 5) is 4.68. The molecule has 0 atom stereocenters. The Bertz CT molecular complexity index is 624. The van der Waals surface area contributed by atoms with Gasteiger partial charge < -0.3 is 15.2 Å². The number of aryl methyl sites for hydroxylation is 1. The molecule has 2 rings (SSSR count). The van der Waals surface area contributed by atoms with Gasteiger partial charge in [-0.25, -0.2) is 4.99 Å². The third-order valence-electron chi connectivity index (χ3n) is 3.60. The van der Waals surface area contributed by atoms with Crippen molar-refractivity contribution < 1.29 is 0 Å². The predicted molar refractivity (Wildman–Crippen MR) is 113 cm³/mol. The second-order valence-electron chi connectivity index (χ2n) is 6.15. The van der Waals surface area contributed by atoms with Gasteiger partial charge in [0.2, 0.25) is 0 Å². The molecule has 1 heterocycles. The third kappa shape index (κ3) is 7.85. The maximum atomic E-state index is 4.68. The Hall–Kier alpha value is -1.64. The average Bonchev–Trinajstić information content (AvgIpc) is 3.05. The number of halogens is 1. The Morgan fingerprint density at radius 2 is 1.96 bits per heavy atom. The van der Waals surface area contributed by atoms with Crippen LogP contribution in [0.5, 0.6) is 0 Å². The summed E-state index contributed by atoms with van der Waals surface area (Å²) >= 11 is 0. The van der Waals surface area contributed by atoms with Crippen LogP contribution < -0.4 is 10.6 Å². The van der Waals surface area contributed by atoms with Crippen LogP contribution in [0.1, 0.15) is 32.2 Å². The number of hydrogen-bond donors (Lipinski definition) is 2. The summed E-state index contributed by atoms with van der Waals surface area (Å²) in [5.74, 6) is 2.42. The molecule has 0 saturated carbocycles. The molecule has 0 amide bonds. The van der Waals surface area contributed by atoms with Gasteiger partial charge in [0.25, 0.3) is 0 Å². The highest BCUT2D eigenvalue weighted by Crippen LogP contribution is 2.00. The number of rotatable bonds is 8. The van der Waals surface area contributed by atoms with E-state index in [2.05, 4.69) is 63.3 Å². The van der Waals surface area contributed by atoms with E-state index in [9.17, 15) is 0 Å². The number of aromatic nitrogens is 3. The maximum absolute atomic E-state index is 4.68. The summed E-state index contributed by atoms with van der Waals surface area (Å²) in [5, 5.41) is 14.9. The molecule has 6 nitrogen and oxygen atoms in total. The van der Waals surface area contributed by atoms with Crippen molar-refractivity contribution in [3.8, 4) is 0 Å². The Kier molecular flexibility index (Phi) is 10.1. The van der Waals surface area contributed by atoms with Gasteiger partial charge in [-0.1, -0.05) is 51.1 Å². The molecule has 0 spiro atoms. The third-order valence-corrected chi connectivity index (χ3v) is 3.60. The normalized spacial score (nSPS) is 11.3. The van der Waals surface area contributed by atoms with Crippen molar-refractivity contribution in [3.05, 3.63) is 48.0 Å². The van der Waals surface area contributed by atoms with E-state index < -0.39 is 0 Å². The molecule has 0 aliphatic heterocycles. The SMILES string of the molecule is CCc1nncn1CCNC(=NCc1ccccc1)NCC(C)C.I. The van der Waals surface area contributed by atoms with Crippen molar-refractivity contribution in [3.63, 3.8) is 0 Å². The summed E-state index contributed by atoms with van der Waals surface area (Å²) in [6.07, 6.45) is 2.67. The van der Waals surface area contributed by atoms with E-state index in [0.717, 1.165) is 37.8 Å². The predicted octanol–water partition coefficient (Wildman–Crippen LogP) is 2.85. The minimum atomic E-state index is 0. The van der Waals surface area contributed by atoms with Gasteiger partial charge in [0.15, 0.2) is 5.96 Å². The van der Waals surface area contributed by atoms with Crippen molar-refractivity contribution in [1.82, 2.24) is 25.4 Å². The molecule has 0 fully saturated rings. The van der Waals surface area contributed by atoms with E-state index >= 15 is 0 Å². The lowest BCUT2D eigenvalue weighted by Crippen LogP contribution is -2.40. The van der Waals surface area contributed by atoms with Gasteiger partial charge in [-0.2, -0.15) is 0 Å². The van der Waals surface area contributed by atoms with Crippen LogP contribution in [0.25, 0.3) is 0 Å². The maximum Gasteiger partial charge on any atom is 0.191 e. The van der Waals surface area contributed by atoms with Crippen molar-refractivity contribution in [2.24, 2.45) is 10.9 Å². The molecule has 2 aromatic rings. The summed E-state index contributed by atoms with van der Waals surface area (Å²) in [7, 11) is 0. The highest BCUT2D eigenvalue weighted by molar-refractivity contribution is 14.0. The highest BCUT2D eigenvalue weighted by atomic mass is 127. The monoisotopic (exact) mass is 456 g/mol. The molecule has 0 saturated heterocycles. The van der Waals surface area contributed by atoms with E-state index in [4.69, 9.17) is 0 Å². The number of benzene rings is 1. The number of aliphatic imine (C=N–C) groups is 1. The highest BCUT2D eigenvalue weighted by Gasteiger charge is 2.03. The van der Waals surface area contributed by atoms with Gasteiger partial charge in [0, 0.05) is 26.1 Å². The first-order valence-electron chi connectivity index (χ1n) is 8.61. The van der Waals surface area contributed by atoms with Crippen LogP contribution >= 0.6 is 24.0 Å². The van der Waals surface area contributed by atoms with Crippen LogP contribution in [0.2, 0.25) is 0 Å². The lowest BCUT2D eigenvalue weighted by atomic mass is 10.2. The minimum absolute atomic E-state index is 0. The molecule has 25 heavy (non-hydrogen) atoms. The average molecular weight is 456 g/mol. The number of hydrogen-bond acceptors (Lipinski definition) is 3. The lowest BCUT2D eigenvalue weighted by molar-refractivity contribution is 0.599. The van der Waals surface area contributed by atoms with Gasteiger partial charge in [0.05, 0.1) is 6.54 Å². The fourth-order valence-corrected chi connectivity index (χ4v) is 2.26. The zero-order valence-corrected chi connectivity index (χ0v) is 17.6. The quantitative estimate of drug-likeness (QED) is 0.364. The molecular weight excluding hydrogens is 427 g/mol.